The van der Waals surface area contributed by atoms with Crippen molar-refractivity contribution in [2.75, 3.05) is 4.90 Å². The second-order valence-corrected chi connectivity index (χ2v) is 6.36. The normalized spacial score (nSPS) is 14.2. The molecule has 130 valence electrons. The summed E-state index contributed by atoms with van der Waals surface area (Å²) < 4.78 is 5.58. The number of hydrogen-bond acceptors (Lipinski definition) is 4. The van der Waals surface area contributed by atoms with E-state index in [0.29, 0.717) is 22.6 Å². The molecule has 26 heavy (non-hydrogen) atoms. The number of rotatable bonds is 4. The molecule has 0 bridgehead atoms. The van der Waals surface area contributed by atoms with Crippen LogP contribution in [0.5, 0.6) is 5.75 Å². The third-order valence-electron chi connectivity index (χ3n) is 3.80. The number of carbonyl (C=O) groups is 2. The van der Waals surface area contributed by atoms with Gasteiger partial charge in [-0.3, -0.25) is 9.59 Å². The smallest absolute Gasteiger partial charge is 0.277 e. The van der Waals surface area contributed by atoms with Crippen molar-refractivity contribution in [3.63, 3.8) is 0 Å². The largest absolute Gasteiger partial charge is 0.491 e. The minimum absolute atomic E-state index is 0.0326. The standard InChI is InChI=1S/C20H15ClN2O3/c1-12(2)26-16-9-5-14(6-10-16)17-18(21)20(25)23(19(17)24)15-7-3-13(11-22)4-8-15/h3-10,12H,1-2H3. The van der Waals surface area contributed by atoms with Crippen molar-refractivity contribution < 1.29 is 14.3 Å². The summed E-state index contributed by atoms with van der Waals surface area (Å²) in [7, 11) is 0. The highest BCUT2D eigenvalue weighted by molar-refractivity contribution is 6.60. The van der Waals surface area contributed by atoms with Crippen molar-refractivity contribution in [1.29, 1.82) is 5.26 Å². The van der Waals surface area contributed by atoms with Crippen LogP contribution in [0.1, 0.15) is 25.0 Å². The van der Waals surface area contributed by atoms with Gasteiger partial charge >= 0.3 is 0 Å². The second-order valence-electron chi connectivity index (χ2n) is 5.98. The maximum Gasteiger partial charge on any atom is 0.277 e. The molecule has 0 aromatic heterocycles. The van der Waals surface area contributed by atoms with Crippen LogP contribution in [0.2, 0.25) is 0 Å². The van der Waals surface area contributed by atoms with Crippen molar-refractivity contribution in [3.8, 4) is 11.8 Å². The molecule has 2 aromatic carbocycles. The highest BCUT2D eigenvalue weighted by Gasteiger charge is 2.39. The Hall–Kier alpha value is -3.10. The van der Waals surface area contributed by atoms with Crippen LogP contribution in [0.4, 0.5) is 5.69 Å². The lowest BCUT2D eigenvalue weighted by molar-refractivity contribution is -0.119. The third-order valence-corrected chi connectivity index (χ3v) is 4.15. The van der Waals surface area contributed by atoms with Crippen LogP contribution < -0.4 is 9.64 Å². The van der Waals surface area contributed by atoms with Crippen LogP contribution in [0.15, 0.2) is 53.6 Å². The Morgan fingerprint density at radius 2 is 1.62 bits per heavy atom. The molecule has 1 aliphatic rings. The van der Waals surface area contributed by atoms with Gasteiger partial charge < -0.3 is 4.74 Å². The molecule has 0 N–H and O–H groups in total. The van der Waals surface area contributed by atoms with Gasteiger partial charge in [0.1, 0.15) is 10.8 Å². The van der Waals surface area contributed by atoms with Gasteiger partial charge in [-0.1, -0.05) is 23.7 Å². The van der Waals surface area contributed by atoms with Crippen molar-refractivity contribution in [2.45, 2.75) is 20.0 Å². The summed E-state index contributed by atoms with van der Waals surface area (Å²) in [5, 5.41) is 8.74. The average Bonchev–Trinajstić information content (AvgIpc) is 2.85. The number of benzene rings is 2. The predicted molar refractivity (Wildman–Crippen MR) is 98.6 cm³/mol. The van der Waals surface area contributed by atoms with Gasteiger partial charge in [-0.25, -0.2) is 4.90 Å². The molecule has 0 saturated heterocycles. The molecule has 0 radical (unpaired) electrons. The number of halogens is 1. The molecular weight excluding hydrogens is 352 g/mol. The fraction of sp³-hybridized carbons (Fsp3) is 0.150. The Morgan fingerprint density at radius 1 is 1.00 bits per heavy atom. The molecule has 1 heterocycles. The van der Waals surface area contributed by atoms with E-state index in [4.69, 9.17) is 21.6 Å². The summed E-state index contributed by atoms with van der Waals surface area (Å²) in [4.78, 5) is 26.3. The van der Waals surface area contributed by atoms with Gasteiger partial charge in [-0.2, -0.15) is 5.26 Å². The summed E-state index contributed by atoms with van der Waals surface area (Å²) in [5.41, 5.74) is 1.50. The maximum atomic E-state index is 12.8. The molecule has 3 rings (SSSR count). The van der Waals surface area contributed by atoms with Crippen LogP contribution in [0, 0.1) is 11.3 Å². The Balaban J connectivity index is 1.92. The lowest BCUT2D eigenvalue weighted by Crippen LogP contribution is -2.31. The molecule has 0 unspecified atom stereocenters. The molecule has 0 saturated carbocycles. The summed E-state index contributed by atoms with van der Waals surface area (Å²) in [6.45, 7) is 3.84. The number of anilines is 1. The van der Waals surface area contributed by atoms with Gasteiger partial charge in [-0.15, -0.1) is 0 Å². The topological polar surface area (TPSA) is 70.4 Å². The van der Waals surface area contributed by atoms with Gasteiger partial charge in [0.2, 0.25) is 0 Å². The second kappa shape index (κ2) is 7.03. The van der Waals surface area contributed by atoms with E-state index in [1.165, 1.54) is 0 Å². The van der Waals surface area contributed by atoms with Crippen molar-refractivity contribution in [2.24, 2.45) is 0 Å². The van der Waals surface area contributed by atoms with Gasteiger partial charge in [0.15, 0.2) is 0 Å². The monoisotopic (exact) mass is 366 g/mol. The molecule has 5 nitrogen and oxygen atoms in total. The molecule has 0 spiro atoms. The maximum absolute atomic E-state index is 12.8. The molecule has 2 amide bonds. The van der Waals surface area contributed by atoms with Crippen LogP contribution in [0.25, 0.3) is 5.57 Å². The van der Waals surface area contributed by atoms with Gasteiger partial charge in [0.05, 0.1) is 29.0 Å². The molecule has 2 aromatic rings. The number of nitriles is 1. The van der Waals surface area contributed by atoms with Gasteiger partial charge in [0.25, 0.3) is 11.8 Å². The predicted octanol–water partition coefficient (Wildman–Crippen LogP) is 3.87. The zero-order valence-corrected chi connectivity index (χ0v) is 14.9. The lowest BCUT2D eigenvalue weighted by atomic mass is 10.1. The van der Waals surface area contributed by atoms with E-state index in [-0.39, 0.29) is 16.7 Å². The molecule has 0 aliphatic carbocycles. The molecule has 1 aliphatic heterocycles. The minimum atomic E-state index is -0.584. The zero-order chi connectivity index (χ0) is 18.8. The van der Waals surface area contributed by atoms with Crippen LogP contribution >= 0.6 is 11.6 Å². The Bertz CT molecular complexity index is 939. The molecular formula is C20H15ClN2O3. The van der Waals surface area contributed by atoms with Crippen molar-refractivity contribution in [1.82, 2.24) is 0 Å². The Morgan fingerprint density at radius 3 is 2.15 bits per heavy atom. The minimum Gasteiger partial charge on any atom is -0.491 e. The number of hydrogen-bond donors (Lipinski definition) is 0. The number of ether oxygens (including phenoxy) is 1. The third kappa shape index (κ3) is 3.19. The summed E-state index contributed by atoms with van der Waals surface area (Å²) >= 11 is 6.17. The SMILES string of the molecule is CC(C)Oc1ccc(C2=C(Cl)C(=O)N(c3ccc(C#N)cc3)C2=O)cc1. The number of nitrogens with zero attached hydrogens (tertiary/aromatic N) is 2. The van der Waals surface area contributed by atoms with Gasteiger partial charge in [-0.05, 0) is 55.8 Å². The Kier molecular flexibility index (Phi) is 4.79. The van der Waals surface area contributed by atoms with Crippen LogP contribution in [0.3, 0.4) is 0 Å². The fourth-order valence-corrected chi connectivity index (χ4v) is 2.92. The van der Waals surface area contributed by atoms with E-state index in [1.54, 1.807) is 48.5 Å². The van der Waals surface area contributed by atoms with Gasteiger partial charge in [0, 0.05) is 0 Å². The highest BCUT2D eigenvalue weighted by atomic mass is 35.5. The van der Waals surface area contributed by atoms with E-state index in [1.807, 2.05) is 19.9 Å². The van der Waals surface area contributed by atoms with E-state index in [0.717, 1.165) is 4.90 Å². The summed E-state index contributed by atoms with van der Waals surface area (Å²) in [6.07, 6.45) is 0.0326. The first-order valence-corrected chi connectivity index (χ1v) is 8.36. The number of carbonyl (C=O) groups excluding carboxylic acids is 2. The first-order valence-electron chi connectivity index (χ1n) is 7.98. The zero-order valence-electron chi connectivity index (χ0n) is 14.2. The van der Waals surface area contributed by atoms with E-state index in [2.05, 4.69) is 0 Å². The lowest BCUT2D eigenvalue weighted by Gasteiger charge is -2.15. The Labute approximate surface area is 156 Å². The fourth-order valence-electron chi connectivity index (χ4n) is 2.65. The van der Waals surface area contributed by atoms with Crippen molar-refractivity contribution >= 4 is 34.7 Å². The first-order chi connectivity index (χ1) is 12.4. The highest BCUT2D eigenvalue weighted by Crippen LogP contribution is 2.35. The quantitative estimate of drug-likeness (QED) is 0.770. The van der Waals surface area contributed by atoms with E-state index >= 15 is 0 Å². The molecule has 0 fully saturated rings. The van der Waals surface area contributed by atoms with Crippen LogP contribution in [-0.2, 0) is 9.59 Å². The first kappa shape index (κ1) is 17.7. The van der Waals surface area contributed by atoms with E-state index in [9.17, 15) is 9.59 Å². The van der Waals surface area contributed by atoms with E-state index < -0.39 is 11.8 Å². The number of imide groups is 1. The molecule has 0 atom stereocenters. The van der Waals surface area contributed by atoms with Crippen molar-refractivity contribution in [3.05, 3.63) is 64.7 Å². The van der Waals surface area contributed by atoms with Crippen LogP contribution in [-0.4, -0.2) is 17.9 Å². The number of amides is 2. The molecule has 6 heteroatoms. The summed E-state index contributed by atoms with van der Waals surface area (Å²) in [6, 6.07) is 15.0. The average molecular weight is 367 g/mol. The summed E-state index contributed by atoms with van der Waals surface area (Å²) in [5.74, 6) is -0.415.